The summed E-state index contributed by atoms with van der Waals surface area (Å²) in [5.74, 6) is 0.786. The van der Waals surface area contributed by atoms with Gasteiger partial charge in [-0.1, -0.05) is 29.8 Å². The molecule has 23 heavy (non-hydrogen) atoms. The average Bonchev–Trinajstić information content (AvgIpc) is 2.89. The molecule has 1 aliphatic heterocycles. The SMILES string of the molecule is COc1cc(C(=O)N2c3ccccc3C[C@H]2C)cc(Cl)c1OC. The van der Waals surface area contributed by atoms with Gasteiger partial charge in [0.05, 0.1) is 19.2 Å². The van der Waals surface area contributed by atoms with Crippen molar-refractivity contribution in [1.29, 1.82) is 0 Å². The van der Waals surface area contributed by atoms with Gasteiger partial charge in [-0.25, -0.2) is 0 Å². The lowest BCUT2D eigenvalue weighted by Crippen LogP contribution is -2.35. The Morgan fingerprint density at radius 1 is 1.22 bits per heavy atom. The van der Waals surface area contributed by atoms with E-state index in [0.29, 0.717) is 22.1 Å². The number of hydrogen-bond donors (Lipinski definition) is 0. The molecule has 0 bridgehead atoms. The molecule has 0 aromatic heterocycles. The standard InChI is InChI=1S/C18H18ClNO3/c1-11-8-12-6-4-5-7-15(12)20(11)18(21)13-9-14(19)17(23-3)16(10-13)22-2/h4-7,9-11H,8H2,1-3H3/t11-/m1/s1. The van der Waals surface area contributed by atoms with Crippen molar-refractivity contribution >= 4 is 23.2 Å². The first-order chi connectivity index (χ1) is 11.1. The van der Waals surface area contributed by atoms with Crippen LogP contribution in [0.2, 0.25) is 5.02 Å². The summed E-state index contributed by atoms with van der Waals surface area (Å²) in [5, 5.41) is 0.357. The van der Waals surface area contributed by atoms with Crippen molar-refractivity contribution in [3.63, 3.8) is 0 Å². The zero-order chi connectivity index (χ0) is 16.6. The van der Waals surface area contributed by atoms with Crippen LogP contribution in [0.4, 0.5) is 5.69 Å². The molecule has 5 heteroatoms. The second kappa shape index (κ2) is 6.13. The second-order valence-electron chi connectivity index (χ2n) is 5.55. The maximum Gasteiger partial charge on any atom is 0.258 e. The van der Waals surface area contributed by atoms with Crippen molar-refractivity contribution in [1.82, 2.24) is 0 Å². The number of anilines is 1. The van der Waals surface area contributed by atoms with Crippen LogP contribution in [0.3, 0.4) is 0 Å². The molecule has 1 atom stereocenters. The van der Waals surface area contributed by atoms with Crippen molar-refractivity contribution in [2.75, 3.05) is 19.1 Å². The van der Waals surface area contributed by atoms with Gasteiger partial charge >= 0.3 is 0 Å². The lowest BCUT2D eigenvalue weighted by Gasteiger charge is -2.23. The lowest BCUT2D eigenvalue weighted by molar-refractivity contribution is 0.0981. The third kappa shape index (κ3) is 2.63. The fraction of sp³-hybridized carbons (Fsp3) is 0.278. The van der Waals surface area contributed by atoms with Gasteiger partial charge in [0.1, 0.15) is 0 Å². The van der Waals surface area contributed by atoms with Gasteiger partial charge in [-0.3, -0.25) is 4.79 Å². The van der Waals surface area contributed by atoms with Crippen molar-refractivity contribution in [3.8, 4) is 11.5 Å². The molecule has 0 radical (unpaired) electrons. The van der Waals surface area contributed by atoms with E-state index >= 15 is 0 Å². The predicted molar refractivity (Wildman–Crippen MR) is 91.0 cm³/mol. The zero-order valence-electron chi connectivity index (χ0n) is 13.3. The minimum absolute atomic E-state index is 0.0923. The molecule has 0 N–H and O–H groups in total. The molecule has 0 aliphatic carbocycles. The molecule has 0 unspecified atom stereocenters. The van der Waals surface area contributed by atoms with Gasteiger partial charge in [0.15, 0.2) is 11.5 Å². The minimum atomic E-state index is -0.0923. The van der Waals surface area contributed by atoms with Crippen molar-refractivity contribution in [3.05, 3.63) is 52.5 Å². The number of hydrogen-bond acceptors (Lipinski definition) is 3. The van der Waals surface area contributed by atoms with E-state index in [-0.39, 0.29) is 11.9 Å². The Bertz CT molecular complexity index is 760. The van der Waals surface area contributed by atoms with E-state index in [9.17, 15) is 4.79 Å². The van der Waals surface area contributed by atoms with E-state index in [0.717, 1.165) is 12.1 Å². The Hall–Kier alpha value is -2.20. The molecule has 0 fully saturated rings. The van der Waals surface area contributed by atoms with Crippen molar-refractivity contribution in [2.24, 2.45) is 0 Å². The Balaban J connectivity index is 2.03. The summed E-state index contributed by atoms with van der Waals surface area (Å²) < 4.78 is 10.5. The van der Waals surface area contributed by atoms with Crippen molar-refractivity contribution in [2.45, 2.75) is 19.4 Å². The first kappa shape index (κ1) is 15.7. The molecule has 0 saturated carbocycles. The van der Waals surface area contributed by atoms with Gasteiger partial charge in [0.25, 0.3) is 5.91 Å². The maximum absolute atomic E-state index is 13.0. The number of rotatable bonds is 3. The van der Waals surface area contributed by atoms with E-state index in [1.807, 2.05) is 30.0 Å². The number of amides is 1. The number of ether oxygens (including phenoxy) is 2. The van der Waals surface area contributed by atoms with Gasteiger partial charge in [-0.15, -0.1) is 0 Å². The summed E-state index contributed by atoms with van der Waals surface area (Å²) in [6.07, 6.45) is 0.850. The number of carbonyl (C=O) groups excluding carboxylic acids is 1. The van der Waals surface area contributed by atoms with Crippen LogP contribution in [0, 0.1) is 0 Å². The highest BCUT2D eigenvalue weighted by Crippen LogP contribution is 2.38. The molecule has 1 aliphatic rings. The number of methoxy groups -OCH3 is 2. The first-order valence-corrected chi connectivity index (χ1v) is 7.77. The Labute approximate surface area is 140 Å². The monoisotopic (exact) mass is 331 g/mol. The molecule has 3 rings (SSSR count). The van der Waals surface area contributed by atoms with Gasteiger partial charge in [-0.2, -0.15) is 0 Å². The molecule has 1 heterocycles. The minimum Gasteiger partial charge on any atom is -0.493 e. The molecule has 0 saturated heterocycles. The molecule has 0 spiro atoms. The van der Waals surface area contributed by atoms with E-state index in [4.69, 9.17) is 21.1 Å². The molecular weight excluding hydrogens is 314 g/mol. The van der Waals surface area contributed by atoms with E-state index < -0.39 is 0 Å². The molecule has 2 aromatic rings. The van der Waals surface area contributed by atoms with Crippen LogP contribution in [-0.2, 0) is 6.42 Å². The average molecular weight is 332 g/mol. The van der Waals surface area contributed by atoms with Crippen LogP contribution in [-0.4, -0.2) is 26.2 Å². The second-order valence-corrected chi connectivity index (χ2v) is 5.96. The maximum atomic E-state index is 13.0. The van der Waals surface area contributed by atoms with E-state index in [1.54, 1.807) is 12.1 Å². The molecule has 2 aromatic carbocycles. The van der Waals surface area contributed by atoms with Gasteiger partial charge in [0.2, 0.25) is 0 Å². The smallest absolute Gasteiger partial charge is 0.258 e. The molecular formula is C18H18ClNO3. The summed E-state index contributed by atoms with van der Waals surface area (Å²) >= 11 is 6.23. The number of carbonyl (C=O) groups is 1. The third-order valence-corrected chi connectivity index (χ3v) is 4.39. The normalized spacial score (nSPS) is 16.2. The highest BCUT2D eigenvalue weighted by molar-refractivity contribution is 6.32. The number of para-hydroxylation sites is 1. The van der Waals surface area contributed by atoms with Crippen LogP contribution in [0.1, 0.15) is 22.8 Å². The molecule has 120 valence electrons. The Kier molecular flexibility index (Phi) is 4.18. The Morgan fingerprint density at radius 2 is 1.96 bits per heavy atom. The first-order valence-electron chi connectivity index (χ1n) is 7.39. The summed E-state index contributed by atoms with van der Waals surface area (Å²) in [6, 6.07) is 11.4. The van der Waals surface area contributed by atoms with Gasteiger partial charge in [-0.05, 0) is 37.1 Å². The summed E-state index contributed by atoms with van der Waals surface area (Å²) in [5.41, 5.74) is 2.62. The summed E-state index contributed by atoms with van der Waals surface area (Å²) in [7, 11) is 3.04. The number of benzene rings is 2. The number of nitrogens with zero attached hydrogens (tertiary/aromatic N) is 1. The predicted octanol–water partition coefficient (Wildman–Crippen LogP) is 3.95. The van der Waals surface area contributed by atoms with E-state index in [2.05, 4.69) is 6.07 Å². The largest absolute Gasteiger partial charge is 0.493 e. The summed E-state index contributed by atoms with van der Waals surface area (Å²) in [4.78, 5) is 14.8. The van der Waals surface area contributed by atoms with Crippen LogP contribution in [0.5, 0.6) is 11.5 Å². The Morgan fingerprint density at radius 3 is 2.65 bits per heavy atom. The highest BCUT2D eigenvalue weighted by atomic mass is 35.5. The lowest BCUT2D eigenvalue weighted by atomic mass is 10.1. The van der Waals surface area contributed by atoms with Gasteiger partial charge < -0.3 is 14.4 Å². The zero-order valence-corrected chi connectivity index (χ0v) is 14.1. The van der Waals surface area contributed by atoms with Crippen molar-refractivity contribution < 1.29 is 14.3 Å². The summed E-state index contributed by atoms with van der Waals surface area (Å²) in [6.45, 7) is 2.04. The number of halogens is 1. The highest BCUT2D eigenvalue weighted by Gasteiger charge is 2.32. The van der Waals surface area contributed by atoms with Crippen LogP contribution in [0.15, 0.2) is 36.4 Å². The quantitative estimate of drug-likeness (QED) is 0.854. The topological polar surface area (TPSA) is 38.8 Å². The fourth-order valence-electron chi connectivity index (χ4n) is 3.06. The van der Waals surface area contributed by atoms with Crippen LogP contribution in [0.25, 0.3) is 0 Å². The molecule has 4 nitrogen and oxygen atoms in total. The van der Waals surface area contributed by atoms with Crippen LogP contribution >= 0.6 is 11.6 Å². The van der Waals surface area contributed by atoms with Gasteiger partial charge in [0, 0.05) is 17.3 Å². The van der Waals surface area contributed by atoms with Crippen LogP contribution < -0.4 is 14.4 Å². The number of fused-ring (bicyclic) bond motifs is 1. The fourth-order valence-corrected chi connectivity index (χ4v) is 3.34. The third-order valence-electron chi connectivity index (χ3n) is 4.11. The molecule has 1 amide bonds. The van der Waals surface area contributed by atoms with E-state index in [1.165, 1.54) is 19.8 Å².